The number of alkyl halides is 2. The smallest absolute Gasteiger partial charge is 0.0707 e. The molecule has 0 fully saturated rings. The Kier molecular flexibility index (Phi) is 6.32. The summed E-state index contributed by atoms with van der Waals surface area (Å²) in [5.41, 5.74) is 4.48. The average Bonchev–Trinajstić information content (AvgIpc) is 2.66. The predicted octanol–water partition coefficient (Wildman–Crippen LogP) is 5.69. The quantitative estimate of drug-likeness (QED) is 0.496. The highest BCUT2D eigenvalue weighted by Gasteiger charge is 2.04. The van der Waals surface area contributed by atoms with Crippen molar-refractivity contribution in [1.82, 2.24) is 4.98 Å². The summed E-state index contributed by atoms with van der Waals surface area (Å²) in [4.78, 5) is 6.60. The summed E-state index contributed by atoms with van der Waals surface area (Å²) in [6, 6.07) is 18.7. The van der Waals surface area contributed by atoms with Crippen molar-refractivity contribution in [1.29, 1.82) is 0 Å². The van der Waals surface area contributed by atoms with Gasteiger partial charge in [-0.05, 0) is 35.4 Å². The number of hydrogen-bond acceptors (Lipinski definition) is 2. The van der Waals surface area contributed by atoms with Gasteiger partial charge in [-0.3, -0.25) is 4.98 Å². The molecule has 25 heavy (non-hydrogen) atoms. The number of hydrogen-bond donors (Lipinski definition) is 0. The van der Waals surface area contributed by atoms with Crippen molar-refractivity contribution in [3.05, 3.63) is 71.9 Å². The maximum absolute atomic E-state index is 5.88. The zero-order valence-electron chi connectivity index (χ0n) is 13.9. The van der Waals surface area contributed by atoms with Crippen LogP contribution in [0.2, 0.25) is 0 Å². The lowest BCUT2D eigenvalue weighted by Gasteiger charge is -2.22. The summed E-state index contributed by atoms with van der Waals surface area (Å²) in [6.45, 7) is 1.60. The molecule has 1 aromatic heterocycles. The Morgan fingerprint density at radius 3 is 2.28 bits per heavy atom. The van der Waals surface area contributed by atoms with E-state index < -0.39 is 0 Å². The van der Waals surface area contributed by atoms with E-state index in [1.54, 1.807) is 0 Å². The van der Waals surface area contributed by atoms with Gasteiger partial charge in [-0.25, -0.2) is 0 Å². The normalized spacial score (nSPS) is 11.3. The second-order valence-corrected chi connectivity index (χ2v) is 6.46. The van der Waals surface area contributed by atoms with Gasteiger partial charge in [-0.15, -0.1) is 23.2 Å². The predicted molar refractivity (Wildman–Crippen MR) is 111 cm³/mol. The lowest BCUT2D eigenvalue weighted by molar-refractivity contribution is 0.874. The molecule has 0 N–H and O–H groups in total. The van der Waals surface area contributed by atoms with Gasteiger partial charge in [0.2, 0.25) is 0 Å². The fourth-order valence-corrected chi connectivity index (χ4v) is 3.23. The largest absolute Gasteiger partial charge is 0.369 e. The van der Waals surface area contributed by atoms with E-state index in [2.05, 4.69) is 52.4 Å². The Morgan fingerprint density at radius 1 is 0.840 bits per heavy atom. The minimum Gasteiger partial charge on any atom is -0.369 e. The van der Waals surface area contributed by atoms with Gasteiger partial charge in [-0.2, -0.15) is 0 Å². The highest BCUT2D eigenvalue weighted by atomic mass is 35.5. The molecule has 0 bridgehead atoms. The molecule has 0 unspecified atom stereocenters. The molecule has 0 saturated heterocycles. The van der Waals surface area contributed by atoms with E-state index in [0.717, 1.165) is 35.2 Å². The van der Waals surface area contributed by atoms with Crippen molar-refractivity contribution in [2.45, 2.75) is 0 Å². The number of nitrogens with zero attached hydrogens (tertiary/aromatic N) is 2. The maximum atomic E-state index is 5.88. The molecule has 1 heterocycles. The number of para-hydroxylation sites is 1. The first-order valence-electron chi connectivity index (χ1n) is 8.30. The Balaban J connectivity index is 1.79. The van der Waals surface area contributed by atoms with Gasteiger partial charge in [0.15, 0.2) is 0 Å². The summed E-state index contributed by atoms with van der Waals surface area (Å²) < 4.78 is 0. The molecule has 0 atom stereocenters. The van der Waals surface area contributed by atoms with Crippen LogP contribution in [0, 0.1) is 0 Å². The molecule has 0 spiro atoms. The van der Waals surface area contributed by atoms with Crippen molar-refractivity contribution in [2.75, 3.05) is 29.7 Å². The third kappa shape index (κ3) is 4.53. The van der Waals surface area contributed by atoms with E-state index >= 15 is 0 Å². The lowest BCUT2D eigenvalue weighted by Crippen LogP contribution is -2.27. The molecule has 0 amide bonds. The highest BCUT2D eigenvalue weighted by molar-refractivity contribution is 6.18. The highest BCUT2D eigenvalue weighted by Crippen LogP contribution is 2.20. The van der Waals surface area contributed by atoms with Gasteiger partial charge < -0.3 is 4.90 Å². The number of pyridine rings is 1. The van der Waals surface area contributed by atoms with E-state index in [0.29, 0.717) is 11.8 Å². The standard InChI is InChI=1S/C21H20Cl2N2/c22-12-15-25(16-13-23)19-9-6-17(7-10-19)5-8-18-11-14-24-21-4-2-1-3-20(18)21/h1-11,14H,12-13,15-16H2/b8-5-. The van der Waals surface area contributed by atoms with Crippen LogP contribution in [-0.2, 0) is 0 Å². The van der Waals surface area contributed by atoms with Gasteiger partial charge >= 0.3 is 0 Å². The molecule has 0 aliphatic rings. The summed E-state index contributed by atoms with van der Waals surface area (Å²) >= 11 is 11.8. The first-order valence-corrected chi connectivity index (χ1v) is 9.37. The fraction of sp³-hybridized carbons (Fsp3) is 0.190. The Labute approximate surface area is 158 Å². The van der Waals surface area contributed by atoms with Crippen LogP contribution < -0.4 is 4.90 Å². The Morgan fingerprint density at radius 2 is 1.56 bits per heavy atom. The zero-order valence-corrected chi connectivity index (χ0v) is 15.4. The molecule has 3 aromatic rings. The van der Waals surface area contributed by atoms with Crippen molar-refractivity contribution < 1.29 is 0 Å². The molecule has 0 aliphatic heterocycles. The molecule has 128 valence electrons. The van der Waals surface area contributed by atoms with E-state index in [-0.39, 0.29) is 0 Å². The van der Waals surface area contributed by atoms with Gasteiger partial charge in [0.05, 0.1) is 5.52 Å². The fourth-order valence-electron chi connectivity index (χ4n) is 2.82. The van der Waals surface area contributed by atoms with Crippen LogP contribution in [0.5, 0.6) is 0 Å². The molecule has 3 rings (SSSR count). The minimum absolute atomic E-state index is 0.591. The second-order valence-electron chi connectivity index (χ2n) is 5.71. The van der Waals surface area contributed by atoms with E-state index in [1.165, 1.54) is 5.56 Å². The summed E-state index contributed by atoms with van der Waals surface area (Å²) in [6.07, 6.45) is 6.11. The summed E-state index contributed by atoms with van der Waals surface area (Å²) in [7, 11) is 0. The van der Waals surface area contributed by atoms with E-state index in [4.69, 9.17) is 23.2 Å². The van der Waals surface area contributed by atoms with Crippen LogP contribution >= 0.6 is 23.2 Å². The second kappa shape index (κ2) is 8.89. The van der Waals surface area contributed by atoms with E-state index in [9.17, 15) is 0 Å². The van der Waals surface area contributed by atoms with Crippen LogP contribution in [0.3, 0.4) is 0 Å². The number of fused-ring (bicyclic) bond motifs is 1. The lowest BCUT2D eigenvalue weighted by atomic mass is 10.1. The topological polar surface area (TPSA) is 16.1 Å². The van der Waals surface area contributed by atoms with Crippen molar-refractivity contribution >= 4 is 51.9 Å². The summed E-state index contributed by atoms with van der Waals surface area (Å²) in [5.74, 6) is 1.18. The number of aromatic nitrogens is 1. The van der Waals surface area contributed by atoms with Crippen LogP contribution in [-0.4, -0.2) is 29.8 Å². The molecular weight excluding hydrogens is 351 g/mol. The van der Waals surface area contributed by atoms with Gasteiger partial charge in [0.1, 0.15) is 0 Å². The van der Waals surface area contributed by atoms with Gasteiger partial charge in [-0.1, -0.05) is 42.5 Å². The Hall–Kier alpha value is -2.03. The number of benzene rings is 2. The molecule has 4 heteroatoms. The number of rotatable bonds is 7. The molecule has 0 aliphatic carbocycles. The van der Waals surface area contributed by atoms with Crippen molar-refractivity contribution in [3.63, 3.8) is 0 Å². The molecule has 0 radical (unpaired) electrons. The summed E-state index contributed by atoms with van der Waals surface area (Å²) in [5, 5.41) is 1.16. The Bertz CT molecular complexity index is 833. The molecule has 2 nitrogen and oxygen atoms in total. The van der Waals surface area contributed by atoms with Crippen LogP contribution in [0.25, 0.3) is 23.1 Å². The first-order chi connectivity index (χ1) is 12.3. The van der Waals surface area contributed by atoms with Crippen molar-refractivity contribution in [2.24, 2.45) is 0 Å². The average molecular weight is 371 g/mol. The van der Waals surface area contributed by atoms with Crippen molar-refractivity contribution in [3.8, 4) is 0 Å². The van der Waals surface area contributed by atoms with Crippen LogP contribution in [0.1, 0.15) is 11.1 Å². The van der Waals surface area contributed by atoms with Gasteiger partial charge in [0.25, 0.3) is 0 Å². The van der Waals surface area contributed by atoms with Crippen LogP contribution in [0.4, 0.5) is 5.69 Å². The SMILES string of the molecule is ClCCN(CCCl)c1ccc(/C=C\c2ccnc3ccccc23)cc1. The maximum Gasteiger partial charge on any atom is 0.0707 e. The van der Waals surface area contributed by atoms with Crippen LogP contribution in [0.15, 0.2) is 60.8 Å². The molecular formula is C21H20Cl2N2. The minimum atomic E-state index is 0.591. The first kappa shape index (κ1) is 17.8. The third-order valence-corrected chi connectivity index (χ3v) is 4.44. The van der Waals surface area contributed by atoms with E-state index in [1.807, 2.05) is 30.5 Å². The zero-order chi connectivity index (χ0) is 17.5. The van der Waals surface area contributed by atoms with Gasteiger partial charge in [0, 0.05) is 42.1 Å². The third-order valence-electron chi connectivity index (χ3n) is 4.11. The number of anilines is 1. The number of halogens is 2. The molecule has 2 aromatic carbocycles. The molecule has 0 saturated carbocycles. The monoisotopic (exact) mass is 370 g/mol.